The number of carbonyl (C=O) groups is 1. The molecule has 2 rings (SSSR count). The summed E-state index contributed by atoms with van der Waals surface area (Å²) in [6, 6.07) is 15.5. The maximum atomic E-state index is 12.5. The lowest BCUT2D eigenvalue weighted by atomic mass is 10.1. The highest BCUT2D eigenvalue weighted by atomic mass is 32.1. The maximum absolute atomic E-state index is 12.5. The molecular weight excluding hydrogens is 358 g/mol. The minimum absolute atomic E-state index is 0.0689. The number of hydrogen-bond donors (Lipinski definition) is 1. The van der Waals surface area contributed by atoms with Crippen molar-refractivity contribution in [2.24, 2.45) is 0 Å². The Morgan fingerprint density at radius 2 is 1.78 bits per heavy atom. The van der Waals surface area contributed by atoms with Crippen LogP contribution in [0.15, 0.2) is 48.5 Å². The van der Waals surface area contributed by atoms with E-state index in [1.54, 1.807) is 23.9 Å². The number of likely N-dealkylation sites (N-methyl/N-ethyl adjacent to an activating group) is 1. The minimum Gasteiger partial charge on any atom is -0.486 e. The lowest BCUT2D eigenvalue weighted by Crippen LogP contribution is -2.43. The van der Waals surface area contributed by atoms with Crippen LogP contribution in [0.2, 0.25) is 0 Å². The van der Waals surface area contributed by atoms with E-state index < -0.39 is 0 Å². The summed E-state index contributed by atoms with van der Waals surface area (Å²) < 4.78 is 5.79. The fraction of sp³-hybridized carbons (Fsp3) is 0.333. The number of hydrogen-bond acceptors (Lipinski definition) is 3. The van der Waals surface area contributed by atoms with E-state index in [-0.39, 0.29) is 6.03 Å². The van der Waals surface area contributed by atoms with Gasteiger partial charge in [-0.05, 0) is 43.2 Å². The van der Waals surface area contributed by atoms with Crippen LogP contribution in [-0.2, 0) is 0 Å². The Balaban J connectivity index is 1.74. The van der Waals surface area contributed by atoms with Gasteiger partial charge in [0, 0.05) is 32.9 Å². The number of amides is 2. The van der Waals surface area contributed by atoms with Crippen LogP contribution in [0.25, 0.3) is 0 Å². The lowest BCUT2D eigenvalue weighted by Gasteiger charge is -2.25. The molecule has 0 fully saturated rings. The van der Waals surface area contributed by atoms with Crippen molar-refractivity contribution in [2.75, 3.05) is 38.7 Å². The van der Waals surface area contributed by atoms with Gasteiger partial charge in [0.25, 0.3) is 0 Å². The summed E-state index contributed by atoms with van der Waals surface area (Å²) in [4.78, 5) is 16.4. The van der Waals surface area contributed by atoms with Crippen molar-refractivity contribution in [1.82, 2.24) is 10.2 Å². The third kappa shape index (κ3) is 5.96. The second-order valence-electron chi connectivity index (χ2n) is 6.44. The van der Waals surface area contributed by atoms with E-state index >= 15 is 0 Å². The Morgan fingerprint density at radius 3 is 2.48 bits per heavy atom. The number of urea groups is 1. The first-order valence-corrected chi connectivity index (χ1v) is 9.30. The predicted octanol–water partition coefficient (Wildman–Crippen LogP) is 3.79. The molecule has 0 saturated carbocycles. The lowest BCUT2D eigenvalue weighted by molar-refractivity contribution is 0.217. The number of para-hydroxylation sites is 1. The molecule has 0 aliphatic rings. The fourth-order valence-electron chi connectivity index (χ4n) is 2.55. The van der Waals surface area contributed by atoms with Crippen LogP contribution in [0.1, 0.15) is 11.1 Å². The van der Waals surface area contributed by atoms with Gasteiger partial charge < -0.3 is 15.0 Å². The van der Waals surface area contributed by atoms with Crippen LogP contribution >= 0.6 is 12.2 Å². The standard InChI is InChI=1S/C21H27N3O2S/c1-16-9-8-12-19(17(16)2)26-15-20(27)22-13-14-23(3)21(25)24(4)18-10-6-5-7-11-18/h5-12H,13-15H2,1-4H3,(H,22,27). The van der Waals surface area contributed by atoms with Crippen LogP contribution in [0.4, 0.5) is 10.5 Å². The largest absolute Gasteiger partial charge is 0.486 e. The average molecular weight is 386 g/mol. The smallest absolute Gasteiger partial charge is 0.324 e. The van der Waals surface area contributed by atoms with E-state index in [1.807, 2.05) is 49.4 Å². The molecule has 2 amide bonds. The molecule has 5 nitrogen and oxygen atoms in total. The summed E-state index contributed by atoms with van der Waals surface area (Å²) in [6.07, 6.45) is 0. The number of carbonyl (C=O) groups excluding carboxylic acids is 1. The summed E-state index contributed by atoms with van der Waals surface area (Å²) in [5.41, 5.74) is 3.17. The molecule has 27 heavy (non-hydrogen) atoms. The molecule has 1 N–H and O–H groups in total. The van der Waals surface area contributed by atoms with Gasteiger partial charge in [0.05, 0.1) is 0 Å². The first-order chi connectivity index (χ1) is 12.9. The third-order valence-electron chi connectivity index (χ3n) is 4.44. The fourth-order valence-corrected chi connectivity index (χ4v) is 2.71. The molecule has 6 heteroatoms. The van der Waals surface area contributed by atoms with E-state index in [9.17, 15) is 4.79 Å². The van der Waals surface area contributed by atoms with E-state index in [0.29, 0.717) is 24.7 Å². The van der Waals surface area contributed by atoms with E-state index in [4.69, 9.17) is 17.0 Å². The topological polar surface area (TPSA) is 44.8 Å². The molecule has 0 aliphatic carbocycles. The van der Waals surface area contributed by atoms with E-state index in [0.717, 1.165) is 17.0 Å². The molecule has 0 aliphatic heterocycles. The normalized spacial score (nSPS) is 10.2. The van der Waals surface area contributed by atoms with Gasteiger partial charge in [-0.25, -0.2) is 4.79 Å². The third-order valence-corrected chi connectivity index (χ3v) is 4.70. The Bertz CT molecular complexity index is 780. The van der Waals surface area contributed by atoms with Crippen molar-refractivity contribution in [3.05, 3.63) is 59.7 Å². The molecule has 0 unspecified atom stereocenters. The molecule has 0 bridgehead atoms. The molecule has 0 aromatic heterocycles. The molecule has 2 aromatic rings. The molecule has 2 aromatic carbocycles. The Hall–Kier alpha value is -2.60. The number of benzene rings is 2. The molecule has 0 atom stereocenters. The van der Waals surface area contributed by atoms with E-state index in [2.05, 4.69) is 18.3 Å². The molecule has 144 valence electrons. The second-order valence-corrected chi connectivity index (χ2v) is 6.93. The molecule has 0 spiro atoms. The first kappa shape index (κ1) is 20.7. The minimum atomic E-state index is -0.0689. The van der Waals surface area contributed by atoms with Crippen molar-refractivity contribution < 1.29 is 9.53 Å². The van der Waals surface area contributed by atoms with Crippen LogP contribution in [0.3, 0.4) is 0 Å². The maximum Gasteiger partial charge on any atom is 0.324 e. The van der Waals surface area contributed by atoms with Crippen LogP contribution in [0.5, 0.6) is 5.75 Å². The van der Waals surface area contributed by atoms with Gasteiger partial charge in [-0.3, -0.25) is 4.90 Å². The second kappa shape index (κ2) is 9.92. The van der Waals surface area contributed by atoms with Gasteiger partial charge in [-0.1, -0.05) is 42.5 Å². The number of anilines is 1. The van der Waals surface area contributed by atoms with Crippen LogP contribution in [-0.4, -0.2) is 49.7 Å². The van der Waals surface area contributed by atoms with Crippen LogP contribution < -0.4 is 15.0 Å². The number of rotatable bonds is 7. The average Bonchev–Trinajstić information content (AvgIpc) is 2.68. The summed E-state index contributed by atoms with van der Waals surface area (Å²) in [6.45, 7) is 5.52. The van der Waals surface area contributed by atoms with Crippen molar-refractivity contribution in [3.8, 4) is 5.75 Å². The molecular formula is C21H27N3O2S. The Morgan fingerprint density at radius 1 is 1.07 bits per heavy atom. The number of ether oxygens (including phenoxy) is 1. The zero-order valence-corrected chi connectivity index (χ0v) is 17.2. The number of aryl methyl sites for hydroxylation is 1. The molecule has 0 heterocycles. The highest BCUT2D eigenvalue weighted by Gasteiger charge is 2.15. The zero-order chi connectivity index (χ0) is 19.8. The summed E-state index contributed by atoms with van der Waals surface area (Å²) in [7, 11) is 3.54. The number of nitrogens with zero attached hydrogens (tertiary/aromatic N) is 2. The van der Waals surface area contributed by atoms with Gasteiger partial charge in [-0.2, -0.15) is 0 Å². The molecule has 0 radical (unpaired) electrons. The van der Waals surface area contributed by atoms with Crippen molar-refractivity contribution in [1.29, 1.82) is 0 Å². The highest BCUT2D eigenvalue weighted by molar-refractivity contribution is 7.80. The quantitative estimate of drug-likeness (QED) is 0.737. The SMILES string of the molecule is Cc1cccc(OCC(=S)NCCN(C)C(=O)N(C)c2ccccc2)c1C. The predicted molar refractivity (Wildman–Crippen MR) is 115 cm³/mol. The van der Waals surface area contributed by atoms with Crippen LogP contribution in [0, 0.1) is 13.8 Å². The summed E-state index contributed by atoms with van der Waals surface area (Å²) in [5, 5.41) is 3.15. The van der Waals surface area contributed by atoms with Gasteiger partial charge in [0.2, 0.25) is 0 Å². The Labute approximate surface area is 166 Å². The van der Waals surface area contributed by atoms with Crippen molar-refractivity contribution >= 4 is 28.9 Å². The van der Waals surface area contributed by atoms with Gasteiger partial charge >= 0.3 is 6.03 Å². The molecule has 0 saturated heterocycles. The van der Waals surface area contributed by atoms with Crippen molar-refractivity contribution in [2.45, 2.75) is 13.8 Å². The number of thiocarbonyl (C=S) groups is 1. The van der Waals surface area contributed by atoms with E-state index in [1.165, 1.54) is 5.56 Å². The monoisotopic (exact) mass is 385 g/mol. The summed E-state index contributed by atoms with van der Waals surface area (Å²) in [5.74, 6) is 0.843. The van der Waals surface area contributed by atoms with Crippen molar-refractivity contribution in [3.63, 3.8) is 0 Å². The Kier molecular flexibility index (Phi) is 7.61. The van der Waals surface area contributed by atoms with Gasteiger partial charge in [0.15, 0.2) is 0 Å². The van der Waals surface area contributed by atoms with Gasteiger partial charge in [0.1, 0.15) is 17.3 Å². The highest BCUT2D eigenvalue weighted by Crippen LogP contribution is 2.20. The first-order valence-electron chi connectivity index (χ1n) is 8.89. The van der Waals surface area contributed by atoms with Gasteiger partial charge in [-0.15, -0.1) is 0 Å². The number of nitrogens with one attached hydrogen (secondary N) is 1. The zero-order valence-electron chi connectivity index (χ0n) is 16.4. The summed E-state index contributed by atoms with van der Waals surface area (Å²) >= 11 is 5.33.